The Balaban J connectivity index is 1.28. The third-order valence-electron chi connectivity index (χ3n) is 15.6. The minimum atomic E-state index is -0.179. The Morgan fingerprint density at radius 1 is 0.370 bits per heavy atom. The first-order valence-corrected chi connectivity index (χ1v) is 26.4. The van der Waals surface area contributed by atoms with Gasteiger partial charge in [-0.15, -0.1) is 0 Å². The molecule has 3 heterocycles. The lowest BCUT2D eigenvalue weighted by Crippen LogP contribution is -2.61. The highest BCUT2D eigenvalue weighted by Crippen LogP contribution is 2.52. The van der Waals surface area contributed by atoms with Crippen LogP contribution >= 0.6 is 0 Å². The molecule has 0 unspecified atom stereocenters. The molecule has 2 aliphatic heterocycles. The molecule has 11 rings (SSSR count). The Morgan fingerprint density at radius 3 is 1.37 bits per heavy atom. The maximum atomic E-state index is 6.80. The molecule has 0 N–H and O–H groups in total. The number of fused-ring (bicyclic) bond motifs is 7. The molecule has 73 heavy (non-hydrogen) atoms. The van der Waals surface area contributed by atoms with Crippen molar-refractivity contribution < 1.29 is 4.42 Å². The molecule has 4 nitrogen and oxygen atoms in total. The molecule has 2 aliphatic rings. The lowest BCUT2D eigenvalue weighted by molar-refractivity contribution is 0.590. The van der Waals surface area contributed by atoms with E-state index in [2.05, 4.69) is 282 Å². The zero-order valence-electron chi connectivity index (χ0n) is 45.9. The summed E-state index contributed by atoms with van der Waals surface area (Å²) in [6, 6.07) is 62.7. The molecule has 5 heteroatoms. The average molecular weight is 958 g/mol. The summed E-state index contributed by atoms with van der Waals surface area (Å²) >= 11 is 0. The predicted molar refractivity (Wildman–Crippen MR) is 316 cm³/mol. The quantitative estimate of drug-likeness (QED) is 0.160. The highest BCUT2D eigenvalue weighted by atomic mass is 16.3. The highest BCUT2D eigenvalue weighted by molar-refractivity contribution is 6.93. The van der Waals surface area contributed by atoms with Gasteiger partial charge >= 0.3 is 6.85 Å². The van der Waals surface area contributed by atoms with Gasteiger partial charge in [-0.25, -0.2) is 0 Å². The second-order valence-electron chi connectivity index (χ2n) is 26.0. The molecular formula is C68H72BN3O. The topological polar surface area (TPSA) is 22.9 Å². The van der Waals surface area contributed by atoms with Crippen LogP contribution in [0.2, 0.25) is 0 Å². The van der Waals surface area contributed by atoms with E-state index in [1.807, 2.05) is 0 Å². The third-order valence-corrected chi connectivity index (χ3v) is 15.6. The van der Waals surface area contributed by atoms with Crippen molar-refractivity contribution in [2.75, 3.05) is 14.6 Å². The fraction of sp³-hybridized carbons (Fsp3) is 0.294. The number of furan rings is 1. The van der Waals surface area contributed by atoms with Crippen molar-refractivity contribution in [3.8, 4) is 11.1 Å². The van der Waals surface area contributed by atoms with Crippen molar-refractivity contribution in [1.82, 2.24) is 0 Å². The van der Waals surface area contributed by atoms with Crippen LogP contribution in [0.25, 0.3) is 33.1 Å². The lowest BCUT2D eigenvalue weighted by atomic mass is 9.43. The van der Waals surface area contributed by atoms with Crippen molar-refractivity contribution in [3.63, 3.8) is 0 Å². The summed E-state index contributed by atoms with van der Waals surface area (Å²) in [5.74, 6) is 0. The molecule has 0 bridgehead atoms. The zero-order valence-corrected chi connectivity index (χ0v) is 45.9. The molecular weight excluding hydrogens is 886 g/mol. The normalized spacial score (nSPS) is 13.9. The zero-order chi connectivity index (χ0) is 51.7. The van der Waals surface area contributed by atoms with E-state index in [9.17, 15) is 0 Å². The molecule has 9 aromatic rings. The van der Waals surface area contributed by atoms with Gasteiger partial charge in [0.25, 0.3) is 0 Å². The molecule has 0 atom stereocenters. The average Bonchev–Trinajstić information content (AvgIpc) is 3.70. The molecule has 0 saturated heterocycles. The van der Waals surface area contributed by atoms with Gasteiger partial charge in [0.15, 0.2) is 0 Å². The summed E-state index contributed by atoms with van der Waals surface area (Å²) < 4.78 is 6.80. The molecule has 368 valence electrons. The summed E-state index contributed by atoms with van der Waals surface area (Å²) in [6.45, 7) is 34.4. The molecule has 0 amide bonds. The van der Waals surface area contributed by atoms with Crippen LogP contribution in [-0.2, 0) is 27.1 Å². The van der Waals surface area contributed by atoms with E-state index in [-0.39, 0.29) is 33.9 Å². The van der Waals surface area contributed by atoms with Gasteiger partial charge in [-0.3, -0.25) is 0 Å². The largest absolute Gasteiger partial charge is 0.456 e. The number of hydrogen-bond donors (Lipinski definition) is 0. The Kier molecular flexibility index (Phi) is 11.1. The van der Waals surface area contributed by atoms with E-state index in [1.54, 1.807) is 0 Å². The van der Waals surface area contributed by atoms with E-state index >= 15 is 0 Å². The van der Waals surface area contributed by atoms with Crippen molar-refractivity contribution in [3.05, 3.63) is 192 Å². The smallest absolute Gasteiger partial charge is 0.333 e. The van der Waals surface area contributed by atoms with Crippen molar-refractivity contribution in [1.29, 1.82) is 0 Å². The van der Waals surface area contributed by atoms with E-state index in [0.717, 1.165) is 56.1 Å². The van der Waals surface area contributed by atoms with Gasteiger partial charge in [-0.2, -0.15) is 0 Å². The standard InChI is InChI=1S/C68H72BN3O/c1-64(2,3)43-20-29-48(30-21-43)70(49-31-22-44(23-32-49)65(4,5)6)52-39-56-54-41-55-53-18-16-17-19-61(53)73-62(55)42-59(54)72(51-35-26-46(27-36-51)67(10,11)12)69-57-38-47(68(13,14)15)28-37-58(57)71(60(40-52)63(56)69)50-33-24-45(25-34-50)66(7,8)9/h16-42H,1-15H3. The van der Waals surface area contributed by atoms with Crippen LogP contribution in [-0.4, -0.2) is 6.85 Å². The summed E-state index contributed by atoms with van der Waals surface area (Å²) in [5, 5.41) is 2.23. The van der Waals surface area contributed by atoms with Crippen LogP contribution in [0.1, 0.15) is 132 Å². The monoisotopic (exact) mass is 958 g/mol. The molecule has 0 fully saturated rings. The highest BCUT2D eigenvalue weighted by Gasteiger charge is 2.46. The van der Waals surface area contributed by atoms with Crippen molar-refractivity contribution in [2.45, 2.75) is 131 Å². The maximum absolute atomic E-state index is 6.80. The Bertz CT molecular complexity index is 3510. The van der Waals surface area contributed by atoms with E-state index in [4.69, 9.17) is 4.42 Å². The lowest BCUT2D eigenvalue weighted by Gasteiger charge is -2.46. The second-order valence-corrected chi connectivity index (χ2v) is 26.0. The van der Waals surface area contributed by atoms with Gasteiger partial charge in [0.1, 0.15) is 11.2 Å². The number of para-hydroxylation sites is 1. The molecule has 0 aliphatic carbocycles. The fourth-order valence-corrected chi connectivity index (χ4v) is 11.2. The minimum Gasteiger partial charge on any atom is -0.456 e. The molecule has 8 aromatic carbocycles. The van der Waals surface area contributed by atoms with E-state index < -0.39 is 0 Å². The summed E-state index contributed by atoms with van der Waals surface area (Å²) in [7, 11) is 0. The fourth-order valence-electron chi connectivity index (χ4n) is 11.2. The summed E-state index contributed by atoms with van der Waals surface area (Å²) in [4.78, 5) is 7.67. The first kappa shape index (κ1) is 48.3. The van der Waals surface area contributed by atoms with Gasteiger partial charge in [0.2, 0.25) is 0 Å². The van der Waals surface area contributed by atoms with Crippen LogP contribution in [0.4, 0.5) is 45.5 Å². The number of benzene rings is 8. The molecule has 1 aromatic heterocycles. The van der Waals surface area contributed by atoms with Gasteiger partial charge in [0, 0.05) is 67.9 Å². The number of hydrogen-bond acceptors (Lipinski definition) is 4. The SMILES string of the molecule is CC(C)(C)c1ccc(N2B3c4cc(C(C)(C)C)ccc4N(c4ccc(C(C)(C)C)cc4)c4cc(N(c5ccc(C(C)(C)C)cc5)c5ccc(C(C)(C)C)cc5)cc(c43)-c3cc4c(cc32)oc2ccccc24)cc1. The van der Waals surface area contributed by atoms with Crippen molar-refractivity contribution >= 4 is 85.2 Å². The van der Waals surface area contributed by atoms with Gasteiger partial charge in [-0.05, 0) is 150 Å². The van der Waals surface area contributed by atoms with Crippen LogP contribution in [0, 0.1) is 0 Å². The van der Waals surface area contributed by atoms with Gasteiger partial charge in [0.05, 0.1) is 0 Å². The Hall–Kier alpha value is -6.98. The maximum Gasteiger partial charge on any atom is 0.333 e. The first-order valence-electron chi connectivity index (χ1n) is 26.4. The second kappa shape index (κ2) is 16.8. The van der Waals surface area contributed by atoms with Crippen LogP contribution < -0.4 is 25.5 Å². The number of nitrogens with zero attached hydrogens (tertiary/aromatic N) is 3. The van der Waals surface area contributed by atoms with E-state index in [0.29, 0.717) is 0 Å². The Morgan fingerprint density at radius 2 is 0.849 bits per heavy atom. The summed E-state index contributed by atoms with van der Waals surface area (Å²) in [6.07, 6.45) is 0. The van der Waals surface area contributed by atoms with Crippen LogP contribution in [0.5, 0.6) is 0 Å². The van der Waals surface area contributed by atoms with E-state index in [1.165, 1.54) is 61.2 Å². The van der Waals surface area contributed by atoms with Crippen molar-refractivity contribution in [2.24, 2.45) is 0 Å². The molecule has 0 saturated carbocycles. The third kappa shape index (κ3) is 8.43. The molecule has 0 spiro atoms. The number of anilines is 8. The van der Waals surface area contributed by atoms with Gasteiger partial charge < -0.3 is 19.0 Å². The molecule has 0 radical (unpaired) electrons. The van der Waals surface area contributed by atoms with Crippen LogP contribution in [0.15, 0.2) is 168 Å². The first-order chi connectivity index (χ1) is 34.3. The van der Waals surface area contributed by atoms with Gasteiger partial charge in [-0.1, -0.05) is 183 Å². The minimum absolute atomic E-state index is 0.00301. The number of rotatable bonds is 5. The van der Waals surface area contributed by atoms with Crippen LogP contribution in [0.3, 0.4) is 0 Å². The Labute approximate surface area is 435 Å². The predicted octanol–water partition coefficient (Wildman–Crippen LogP) is 18.3. The summed E-state index contributed by atoms with van der Waals surface area (Å²) in [5.41, 5.74) is 22.3.